The van der Waals surface area contributed by atoms with Crippen LogP contribution in [0, 0.1) is 0 Å². The summed E-state index contributed by atoms with van der Waals surface area (Å²) in [5, 5.41) is 23.2. The van der Waals surface area contributed by atoms with Crippen molar-refractivity contribution in [2.24, 2.45) is 0 Å². The van der Waals surface area contributed by atoms with Crippen LogP contribution in [0.1, 0.15) is 59.4 Å². The first-order valence-corrected chi connectivity index (χ1v) is 11.1. The van der Waals surface area contributed by atoms with E-state index in [9.17, 15) is 19.8 Å². The van der Waals surface area contributed by atoms with Crippen LogP contribution in [-0.4, -0.2) is 33.1 Å². The predicted octanol–water partition coefficient (Wildman–Crippen LogP) is 6.12. The molecule has 4 N–H and O–H groups in total. The van der Waals surface area contributed by atoms with Gasteiger partial charge in [-0.05, 0) is 43.2 Å². The van der Waals surface area contributed by atoms with E-state index in [1.54, 1.807) is 0 Å². The summed E-state index contributed by atoms with van der Waals surface area (Å²) >= 11 is 12.8. The molecular weight excluding hydrogens is 455 g/mol. The molecule has 168 valence electrons. The Balaban J connectivity index is 1.60. The van der Waals surface area contributed by atoms with Gasteiger partial charge in [-0.15, -0.1) is 0 Å². The number of aromatic amines is 1. The number of nitrogens with one attached hydrogen (secondary N) is 2. The zero-order chi connectivity index (χ0) is 22.8. The number of ether oxygens (including phenoxy) is 1. The number of carboxylic acid groups (broad SMARTS) is 1. The van der Waals surface area contributed by atoms with Crippen LogP contribution >= 0.6 is 23.2 Å². The molecule has 4 rings (SSSR count). The van der Waals surface area contributed by atoms with Crippen LogP contribution in [0.15, 0.2) is 30.3 Å². The lowest BCUT2D eigenvalue weighted by Gasteiger charge is -2.17. The summed E-state index contributed by atoms with van der Waals surface area (Å²) in [6.45, 7) is 0. The number of carbonyl (C=O) groups excluding carboxylic acids is 1. The normalized spacial score (nSPS) is 14.8. The molecule has 0 bridgehead atoms. The number of hydrogen-bond donors (Lipinski definition) is 4. The average molecular weight is 477 g/mol. The number of benzene rings is 2. The van der Waals surface area contributed by atoms with Crippen LogP contribution in [-0.2, 0) is 0 Å². The van der Waals surface area contributed by atoms with Crippen molar-refractivity contribution in [1.82, 2.24) is 10.3 Å². The van der Waals surface area contributed by atoms with E-state index < -0.39 is 5.97 Å². The Labute approximate surface area is 194 Å². The van der Waals surface area contributed by atoms with E-state index >= 15 is 0 Å². The first kappa shape index (κ1) is 22.3. The minimum atomic E-state index is -1.13. The molecule has 0 spiro atoms. The highest BCUT2D eigenvalue weighted by atomic mass is 35.5. The second-order valence-electron chi connectivity index (χ2n) is 7.89. The lowest BCUT2D eigenvalue weighted by molar-refractivity contribution is 0.0691. The minimum absolute atomic E-state index is 0.0304. The first-order chi connectivity index (χ1) is 15.3. The number of hydrogen-bond acceptors (Lipinski definition) is 4. The number of amides is 1. The molecular formula is C23H22Cl2N2O5. The van der Waals surface area contributed by atoms with Crippen LogP contribution in [0.25, 0.3) is 10.9 Å². The highest BCUT2D eigenvalue weighted by Gasteiger charge is 2.21. The van der Waals surface area contributed by atoms with Crippen molar-refractivity contribution < 1.29 is 24.5 Å². The summed E-state index contributed by atoms with van der Waals surface area (Å²) < 4.78 is 5.86. The van der Waals surface area contributed by atoms with Gasteiger partial charge in [-0.2, -0.15) is 0 Å². The van der Waals surface area contributed by atoms with Crippen LogP contribution in [0.5, 0.6) is 17.2 Å². The van der Waals surface area contributed by atoms with Gasteiger partial charge >= 0.3 is 5.97 Å². The van der Waals surface area contributed by atoms with E-state index in [1.807, 2.05) is 0 Å². The highest BCUT2D eigenvalue weighted by molar-refractivity contribution is 6.41. The summed E-state index contributed by atoms with van der Waals surface area (Å²) in [5.74, 6) is -1.28. The topological polar surface area (TPSA) is 112 Å². The molecule has 1 amide bonds. The third-order valence-electron chi connectivity index (χ3n) is 5.63. The Kier molecular flexibility index (Phi) is 6.48. The van der Waals surface area contributed by atoms with Crippen molar-refractivity contribution >= 4 is 46.0 Å². The second kappa shape index (κ2) is 9.30. The third kappa shape index (κ3) is 4.64. The molecule has 1 saturated carbocycles. The van der Waals surface area contributed by atoms with E-state index in [1.165, 1.54) is 43.2 Å². The van der Waals surface area contributed by atoms with E-state index in [0.717, 1.165) is 25.7 Å². The van der Waals surface area contributed by atoms with Gasteiger partial charge in [0.2, 0.25) is 0 Å². The van der Waals surface area contributed by atoms with E-state index in [0.29, 0.717) is 10.9 Å². The van der Waals surface area contributed by atoms with Crippen molar-refractivity contribution in [3.63, 3.8) is 0 Å². The Morgan fingerprint density at radius 3 is 2.47 bits per heavy atom. The fourth-order valence-corrected chi connectivity index (χ4v) is 4.55. The molecule has 32 heavy (non-hydrogen) atoms. The average Bonchev–Trinajstić information content (AvgIpc) is 3.02. The molecule has 1 heterocycles. The standard InChI is InChI=1S/C23H22Cl2N2O5/c24-16-11-17-14(10-18(27-17)23(30)31)20(25)21(16)32-13-7-8-19(28)15(9-13)22(29)26-12-5-3-1-2-4-6-12/h7-12,27-28H,1-6H2,(H,26,29)(H,30,31). The van der Waals surface area contributed by atoms with Crippen molar-refractivity contribution in [2.75, 3.05) is 0 Å². The van der Waals surface area contributed by atoms with Gasteiger partial charge in [0.05, 0.1) is 15.6 Å². The molecule has 0 atom stereocenters. The molecule has 1 aliphatic rings. The maximum absolute atomic E-state index is 12.8. The minimum Gasteiger partial charge on any atom is -0.507 e. The Morgan fingerprint density at radius 2 is 1.78 bits per heavy atom. The quantitative estimate of drug-likeness (QED) is 0.331. The number of carboxylic acids is 1. The maximum Gasteiger partial charge on any atom is 0.352 e. The smallest absolute Gasteiger partial charge is 0.352 e. The van der Waals surface area contributed by atoms with Crippen LogP contribution in [0.4, 0.5) is 0 Å². The van der Waals surface area contributed by atoms with Gasteiger partial charge in [0.1, 0.15) is 17.2 Å². The van der Waals surface area contributed by atoms with Crippen LogP contribution < -0.4 is 10.1 Å². The van der Waals surface area contributed by atoms with Gasteiger partial charge in [0, 0.05) is 16.9 Å². The highest BCUT2D eigenvalue weighted by Crippen LogP contribution is 2.42. The van der Waals surface area contributed by atoms with E-state index in [4.69, 9.17) is 27.9 Å². The predicted molar refractivity (Wildman–Crippen MR) is 122 cm³/mol. The van der Waals surface area contributed by atoms with Gasteiger partial charge in [-0.25, -0.2) is 4.79 Å². The molecule has 0 unspecified atom stereocenters. The van der Waals surface area contributed by atoms with Crippen LogP contribution in [0.2, 0.25) is 10.0 Å². The SMILES string of the molecule is O=C(O)c1cc2c(Cl)c(Oc3ccc(O)c(C(=O)NC4CCCCCC4)c3)c(Cl)cc2[nH]1. The number of aromatic nitrogens is 1. The van der Waals surface area contributed by atoms with Crippen LogP contribution in [0.3, 0.4) is 0 Å². The number of aromatic carboxylic acids is 1. The van der Waals surface area contributed by atoms with Gasteiger partial charge in [-0.1, -0.05) is 48.9 Å². The fraction of sp³-hybridized carbons (Fsp3) is 0.304. The Morgan fingerprint density at radius 1 is 1.06 bits per heavy atom. The fourth-order valence-electron chi connectivity index (χ4n) is 3.96. The Hall–Kier alpha value is -2.90. The molecule has 7 nitrogen and oxygen atoms in total. The second-order valence-corrected chi connectivity index (χ2v) is 8.68. The molecule has 2 aromatic carbocycles. The zero-order valence-electron chi connectivity index (χ0n) is 17.1. The molecule has 0 saturated heterocycles. The summed E-state index contributed by atoms with van der Waals surface area (Å²) in [4.78, 5) is 26.8. The van der Waals surface area contributed by atoms with Gasteiger partial charge in [-0.3, -0.25) is 4.79 Å². The van der Waals surface area contributed by atoms with E-state index in [-0.39, 0.29) is 50.5 Å². The third-order valence-corrected chi connectivity index (χ3v) is 6.28. The largest absolute Gasteiger partial charge is 0.507 e. The van der Waals surface area contributed by atoms with Crippen molar-refractivity contribution in [3.8, 4) is 17.2 Å². The number of carbonyl (C=O) groups is 2. The van der Waals surface area contributed by atoms with E-state index in [2.05, 4.69) is 10.3 Å². The van der Waals surface area contributed by atoms with Gasteiger partial charge in [0.25, 0.3) is 5.91 Å². The lowest BCUT2D eigenvalue weighted by Crippen LogP contribution is -2.34. The maximum atomic E-state index is 12.8. The molecule has 3 aromatic rings. The number of aromatic hydroxyl groups is 1. The number of halogens is 2. The number of fused-ring (bicyclic) bond motifs is 1. The lowest BCUT2D eigenvalue weighted by atomic mass is 10.1. The summed E-state index contributed by atoms with van der Waals surface area (Å²) in [6.07, 6.45) is 6.32. The summed E-state index contributed by atoms with van der Waals surface area (Å²) in [5.41, 5.74) is 0.519. The van der Waals surface area contributed by atoms with Crippen molar-refractivity contribution in [1.29, 1.82) is 0 Å². The molecule has 0 radical (unpaired) electrons. The zero-order valence-corrected chi connectivity index (χ0v) is 18.6. The van der Waals surface area contributed by atoms with Gasteiger partial charge in [0.15, 0.2) is 5.75 Å². The first-order valence-electron chi connectivity index (χ1n) is 10.4. The van der Waals surface area contributed by atoms with Crippen molar-refractivity contribution in [3.05, 3.63) is 51.6 Å². The number of rotatable bonds is 5. The molecule has 1 aliphatic carbocycles. The molecule has 1 fully saturated rings. The Bertz CT molecular complexity index is 1180. The number of phenols is 1. The molecule has 9 heteroatoms. The van der Waals surface area contributed by atoms with Crippen molar-refractivity contribution in [2.45, 2.75) is 44.6 Å². The summed E-state index contributed by atoms with van der Waals surface area (Å²) in [6, 6.07) is 7.29. The monoisotopic (exact) mass is 476 g/mol. The molecule has 1 aromatic heterocycles. The number of H-pyrrole nitrogens is 1. The summed E-state index contributed by atoms with van der Waals surface area (Å²) in [7, 11) is 0. The molecule has 0 aliphatic heterocycles. The van der Waals surface area contributed by atoms with Gasteiger partial charge < -0.3 is 25.3 Å². The number of phenolic OH excluding ortho intramolecular Hbond substituents is 1.